The molecule has 0 radical (unpaired) electrons. The first kappa shape index (κ1) is 15.7. The molecule has 1 heterocycles. The van der Waals surface area contributed by atoms with Gasteiger partial charge in [0.25, 0.3) is 0 Å². The van der Waals surface area contributed by atoms with Gasteiger partial charge in [0.2, 0.25) is 0 Å². The van der Waals surface area contributed by atoms with Gasteiger partial charge in [0, 0.05) is 6.54 Å². The van der Waals surface area contributed by atoms with Gasteiger partial charge in [0.15, 0.2) is 11.5 Å². The van der Waals surface area contributed by atoms with Gasteiger partial charge in [-0.05, 0) is 54.3 Å². The highest BCUT2D eigenvalue weighted by molar-refractivity contribution is 5.51. The second-order valence-corrected chi connectivity index (χ2v) is 5.55. The van der Waals surface area contributed by atoms with Crippen molar-refractivity contribution in [3.63, 3.8) is 0 Å². The molecule has 0 amide bonds. The summed E-state index contributed by atoms with van der Waals surface area (Å²) in [6.07, 6.45) is 0.991. The highest BCUT2D eigenvalue weighted by Crippen LogP contribution is 2.37. The van der Waals surface area contributed by atoms with Crippen LogP contribution in [0.25, 0.3) is 0 Å². The van der Waals surface area contributed by atoms with E-state index in [1.165, 1.54) is 16.7 Å². The number of hydrogen-bond acceptors (Lipinski definition) is 4. The van der Waals surface area contributed by atoms with Crippen LogP contribution in [0, 0.1) is 0 Å². The minimum absolute atomic E-state index is 0.162. The smallest absolute Gasteiger partial charge is 0.161 e. The van der Waals surface area contributed by atoms with E-state index in [2.05, 4.69) is 29.6 Å². The molecule has 0 saturated heterocycles. The summed E-state index contributed by atoms with van der Waals surface area (Å²) in [6.45, 7) is 3.55. The van der Waals surface area contributed by atoms with Crippen LogP contribution in [0.4, 0.5) is 0 Å². The molecule has 0 fully saturated rings. The predicted octanol–water partition coefficient (Wildman–Crippen LogP) is 3.34. The lowest BCUT2D eigenvalue weighted by molar-refractivity contribution is 0.309. The van der Waals surface area contributed by atoms with Crippen LogP contribution in [0.5, 0.6) is 17.2 Å². The van der Waals surface area contributed by atoms with Crippen LogP contribution in [0.15, 0.2) is 36.4 Å². The first-order chi connectivity index (χ1) is 11.3. The molecule has 122 valence electrons. The molecule has 1 aliphatic heterocycles. The van der Waals surface area contributed by atoms with Crippen molar-refractivity contribution in [1.29, 1.82) is 0 Å². The van der Waals surface area contributed by atoms with Crippen LogP contribution < -0.4 is 19.5 Å². The van der Waals surface area contributed by atoms with Crippen molar-refractivity contribution in [3.8, 4) is 17.2 Å². The van der Waals surface area contributed by atoms with Gasteiger partial charge < -0.3 is 19.5 Å². The normalized spacial score (nSPS) is 16.6. The maximum atomic E-state index is 5.74. The molecule has 0 aromatic heterocycles. The molecule has 3 rings (SSSR count). The molecular weight excluding hydrogens is 290 g/mol. The van der Waals surface area contributed by atoms with Crippen molar-refractivity contribution in [2.24, 2.45) is 0 Å². The number of nitrogens with one attached hydrogen (secondary N) is 1. The van der Waals surface area contributed by atoms with E-state index in [0.717, 1.165) is 30.2 Å². The summed E-state index contributed by atoms with van der Waals surface area (Å²) in [5.74, 6) is 2.48. The van der Waals surface area contributed by atoms with Gasteiger partial charge in [-0.1, -0.05) is 12.1 Å². The van der Waals surface area contributed by atoms with Crippen molar-refractivity contribution >= 4 is 0 Å². The number of methoxy groups -OCH3 is 2. The van der Waals surface area contributed by atoms with Crippen LogP contribution in [0.2, 0.25) is 0 Å². The zero-order chi connectivity index (χ0) is 16.2. The molecule has 1 atom stereocenters. The second-order valence-electron chi connectivity index (χ2n) is 5.55. The quantitative estimate of drug-likeness (QED) is 0.919. The first-order valence-corrected chi connectivity index (χ1v) is 7.97. The minimum Gasteiger partial charge on any atom is -0.497 e. The summed E-state index contributed by atoms with van der Waals surface area (Å²) in [5, 5.41) is 3.60. The number of hydrogen-bond donors (Lipinski definition) is 1. The largest absolute Gasteiger partial charge is 0.497 e. The van der Waals surface area contributed by atoms with Crippen LogP contribution in [0.1, 0.15) is 29.7 Å². The summed E-state index contributed by atoms with van der Waals surface area (Å²) in [4.78, 5) is 0. The SMILES string of the molecule is CCOc1cc2c(cc1OC)CCNC2c1ccc(OC)cc1. The molecule has 2 aromatic carbocycles. The van der Waals surface area contributed by atoms with Crippen LogP contribution in [-0.4, -0.2) is 27.4 Å². The topological polar surface area (TPSA) is 39.7 Å². The van der Waals surface area contributed by atoms with Gasteiger partial charge in [-0.2, -0.15) is 0 Å². The van der Waals surface area contributed by atoms with E-state index < -0.39 is 0 Å². The third-order valence-electron chi connectivity index (χ3n) is 4.23. The zero-order valence-electron chi connectivity index (χ0n) is 13.9. The molecular formula is C19H23NO3. The Hall–Kier alpha value is -2.20. The number of rotatable bonds is 5. The second kappa shape index (κ2) is 6.92. The number of benzene rings is 2. The van der Waals surface area contributed by atoms with Crippen molar-refractivity contribution < 1.29 is 14.2 Å². The van der Waals surface area contributed by atoms with Gasteiger partial charge in [-0.25, -0.2) is 0 Å². The predicted molar refractivity (Wildman–Crippen MR) is 90.7 cm³/mol. The summed E-state index contributed by atoms with van der Waals surface area (Å²) in [5.41, 5.74) is 3.79. The molecule has 4 nitrogen and oxygen atoms in total. The van der Waals surface area contributed by atoms with Gasteiger partial charge in [-0.3, -0.25) is 0 Å². The average molecular weight is 313 g/mol. The van der Waals surface area contributed by atoms with Crippen molar-refractivity contribution in [1.82, 2.24) is 5.32 Å². The fourth-order valence-electron chi connectivity index (χ4n) is 3.09. The van der Waals surface area contributed by atoms with Gasteiger partial charge >= 0.3 is 0 Å². The third kappa shape index (κ3) is 3.13. The lowest BCUT2D eigenvalue weighted by Gasteiger charge is -2.28. The highest BCUT2D eigenvalue weighted by Gasteiger charge is 2.24. The Morgan fingerprint density at radius 1 is 1.04 bits per heavy atom. The number of ether oxygens (including phenoxy) is 3. The zero-order valence-corrected chi connectivity index (χ0v) is 13.9. The standard InChI is InChI=1S/C19H23NO3/c1-4-23-18-12-16-14(11-17(18)22-3)9-10-20-19(16)13-5-7-15(21-2)8-6-13/h5-8,11-12,19-20H,4,9-10H2,1-3H3. The van der Waals surface area contributed by atoms with E-state index in [1.54, 1.807) is 14.2 Å². The monoisotopic (exact) mass is 313 g/mol. The molecule has 1 aliphatic rings. The first-order valence-electron chi connectivity index (χ1n) is 7.97. The van der Waals surface area contributed by atoms with Crippen LogP contribution in [0.3, 0.4) is 0 Å². The summed E-state index contributed by atoms with van der Waals surface area (Å²) >= 11 is 0. The van der Waals surface area contributed by atoms with Gasteiger partial charge in [0.1, 0.15) is 5.75 Å². The van der Waals surface area contributed by atoms with E-state index >= 15 is 0 Å². The van der Waals surface area contributed by atoms with Crippen LogP contribution in [-0.2, 0) is 6.42 Å². The van der Waals surface area contributed by atoms with Gasteiger partial charge in [-0.15, -0.1) is 0 Å². The molecule has 1 N–H and O–H groups in total. The molecule has 2 aromatic rings. The lowest BCUT2D eigenvalue weighted by Crippen LogP contribution is -2.30. The molecule has 4 heteroatoms. The fourth-order valence-corrected chi connectivity index (χ4v) is 3.09. The summed E-state index contributed by atoms with van der Waals surface area (Å²) in [7, 11) is 3.37. The maximum absolute atomic E-state index is 5.74. The fraction of sp³-hybridized carbons (Fsp3) is 0.368. The van der Waals surface area contributed by atoms with Crippen molar-refractivity contribution in [2.45, 2.75) is 19.4 Å². The van der Waals surface area contributed by atoms with Gasteiger partial charge in [0.05, 0.1) is 26.9 Å². The molecule has 0 bridgehead atoms. The Kier molecular flexibility index (Phi) is 4.72. The highest BCUT2D eigenvalue weighted by atomic mass is 16.5. The molecule has 1 unspecified atom stereocenters. The average Bonchev–Trinajstić information content (AvgIpc) is 2.61. The molecule has 23 heavy (non-hydrogen) atoms. The molecule has 0 spiro atoms. The van der Waals surface area contributed by atoms with E-state index in [4.69, 9.17) is 14.2 Å². The third-order valence-corrected chi connectivity index (χ3v) is 4.23. The molecule has 0 aliphatic carbocycles. The number of fused-ring (bicyclic) bond motifs is 1. The molecule has 0 saturated carbocycles. The van der Waals surface area contributed by atoms with Crippen molar-refractivity contribution in [2.75, 3.05) is 27.4 Å². The Balaban J connectivity index is 2.01. The van der Waals surface area contributed by atoms with E-state index in [1.807, 2.05) is 19.1 Å². The minimum atomic E-state index is 0.162. The van der Waals surface area contributed by atoms with Crippen molar-refractivity contribution in [3.05, 3.63) is 53.1 Å². The summed E-state index contributed by atoms with van der Waals surface area (Å²) in [6, 6.07) is 12.6. The Bertz CT molecular complexity index is 667. The summed E-state index contributed by atoms with van der Waals surface area (Å²) < 4.78 is 16.5. The van der Waals surface area contributed by atoms with E-state index in [0.29, 0.717) is 6.61 Å². The Morgan fingerprint density at radius 3 is 2.48 bits per heavy atom. The maximum Gasteiger partial charge on any atom is 0.161 e. The Morgan fingerprint density at radius 2 is 1.83 bits per heavy atom. The van der Waals surface area contributed by atoms with E-state index in [-0.39, 0.29) is 6.04 Å². The Labute approximate surface area is 137 Å². The van der Waals surface area contributed by atoms with E-state index in [9.17, 15) is 0 Å². The van der Waals surface area contributed by atoms with Crippen LogP contribution >= 0.6 is 0 Å². The lowest BCUT2D eigenvalue weighted by atomic mass is 9.89.